The van der Waals surface area contributed by atoms with Crippen molar-refractivity contribution in [1.29, 1.82) is 0 Å². The van der Waals surface area contributed by atoms with Gasteiger partial charge in [-0.1, -0.05) is 19.3 Å². The van der Waals surface area contributed by atoms with Crippen LogP contribution in [-0.2, 0) is 9.59 Å². The first-order valence-corrected chi connectivity index (χ1v) is 11.0. The number of aromatic amines is 1. The van der Waals surface area contributed by atoms with E-state index in [9.17, 15) is 14.4 Å². The van der Waals surface area contributed by atoms with Gasteiger partial charge in [-0.05, 0) is 49.9 Å². The van der Waals surface area contributed by atoms with Gasteiger partial charge in [-0.2, -0.15) is 5.10 Å². The molecule has 2 saturated carbocycles. The molecule has 1 aromatic heterocycles. The van der Waals surface area contributed by atoms with E-state index < -0.39 is 5.54 Å². The fraction of sp³-hybridized carbons (Fsp3) is 0.500. The molecule has 1 spiro atoms. The molecule has 3 aliphatic rings. The van der Waals surface area contributed by atoms with Crippen LogP contribution in [0.4, 0.5) is 10.5 Å². The molecular formula is C22H26N6O3. The lowest BCUT2D eigenvalue weighted by atomic mass is 9.82. The summed E-state index contributed by atoms with van der Waals surface area (Å²) in [5.41, 5.74) is 0.771. The number of rotatable bonds is 6. The quantitative estimate of drug-likeness (QED) is 0.618. The minimum atomic E-state index is -0.749. The Hall–Kier alpha value is -3.23. The molecular weight excluding hydrogens is 396 g/mol. The third kappa shape index (κ3) is 3.92. The van der Waals surface area contributed by atoms with Crippen LogP contribution in [-0.4, -0.2) is 50.0 Å². The van der Waals surface area contributed by atoms with Crippen LogP contribution >= 0.6 is 0 Å². The molecule has 1 aliphatic heterocycles. The first-order valence-electron chi connectivity index (χ1n) is 11.0. The van der Waals surface area contributed by atoms with Gasteiger partial charge in [0.1, 0.15) is 11.4 Å². The Morgan fingerprint density at radius 1 is 1.13 bits per heavy atom. The second kappa shape index (κ2) is 7.79. The van der Waals surface area contributed by atoms with Crippen LogP contribution in [0.1, 0.15) is 63.1 Å². The van der Waals surface area contributed by atoms with Crippen molar-refractivity contribution in [1.82, 2.24) is 25.4 Å². The number of hydrogen-bond donors (Lipinski definition) is 3. The maximum absolute atomic E-state index is 12.8. The molecule has 2 aromatic rings. The lowest BCUT2D eigenvalue weighted by Crippen LogP contribution is -2.48. The van der Waals surface area contributed by atoms with Crippen molar-refractivity contribution in [2.75, 3.05) is 11.9 Å². The molecule has 0 radical (unpaired) electrons. The smallest absolute Gasteiger partial charge is 0.325 e. The molecule has 0 unspecified atom stereocenters. The van der Waals surface area contributed by atoms with Gasteiger partial charge in [0.25, 0.3) is 5.91 Å². The lowest BCUT2D eigenvalue weighted by Gasteiger charge is -2.30. The van der Waals surface area contributed by atoms with Gasteiger partial charge in [-0.25, -0.2) is 9.78 Å². The number of anilines is 1. The first kappa shape index (κ1) is 19.7. The summed E-state index contributed by atoms with van der Waals surface area (Å²) in [6.07, 6.45) is 6.69. The lowest BCUT2D eigenvalue weighted by molar-refractivity contribution is -0.132. The van der Waals surface area contributed by atoms with E-state index in [2.05, 4.69) is 25.8 Å². The highest BCUT2D eigenvalue weighted by Crippen LogP contribution is 2.38. The fourth-order valence-electron chi connectivity index (χ4n) is 4.46. The summed E-state index contributed by atoms with van der Waals surface area (Å²) >= 11 is 0. The average Bonchev–Trinajstić information content (AvgIpc) is 3.46. The maximum atomic E-state index is 12.8. The summed E-state index contributed by atoms with van der Waals surface area (Å²) in [5.74, 6) is 1.66. The number of hydrogen-bond acceptors (Lipinski definition) is 5. The van der Waals surface area contributed by atoms with E-state index in [1.54, 1.807) is 12.1 Å². The number of H-pyrrole nitrogens is 1. The van der Waals surface area contributed by atoms with Crippen molar-refractivity contribution < 1.29 is 14.4 Å². The normalized spacial score (nSPS) is 20.2. The summed E-state index contributed by atoms with van der Waals surface area (Å²) in [4.78, 5) is 43.2. The van der Waals surface area contributed by atoms with Gasteiger partial charge in [0, 0.05) is 30.1 Å². The zero-order valence-corrected chi connectivity index (χ0v) is 17.3. The van der Waals surface area contributed by atoms with Crippen molar-refractivity contribution in [3.8, 4) is 11.4 Å². The number of benzene rings is 1. The Bertz CT molecular complexity index is 1000. The fourth-order valence-corrected chi connectivity index (χ4v) is 4.46. The molecule has 0 bridgehead atoms. The topological polar surface area (TPSA) is 120 Å². The number of urea groups is 1. The van der Waals surface area contributed by atoms with Crippen LogP contribution in [0.25, 0.3) is 11.4 Å². The predicted octanol–water partition coefficient (Wildman–Crippen LogP) is 2.93. The van der Waals surface area contributed by atoms with Crippen LogP contribution in [0.15, 0.2) is 24.3 Å². The van der Waals surface area contributed by atoms with E-state index in [1.165, 1.54) is 4.90 Å². The molecule has 0 atom stereocenters. The number of imide groups is 1. The molecule has 2 heterocycles. The van der Waals surface area contributed by atoms with E-state index in [1.807, 2.05) is 12.1 Å². The van der Waals surface area contributed by atoms with Gasteiger partial charge in [-0.3, -0.25) is 19.6 Å². The second-order valence-electron chi connectivity index (χ2n) is 8.72. The Labute approximate surface area is 180 Å². The van der Waals surface area contributed by atoms with Gasteiger partial charge in [-0.15, -0.1) is 0 Å². The number of nitrogens with zero attached hydrogens (tertiary/aromatic N) is 3. The predicted molar refractivity (Wildman–Crippen MR) is 113 cm³/mol. The summed E-state index contributed by atoms with van der Waals surface area (Å²) < 4.78 is 0. The van der Waals surface area contributed by atoms with Crippen molar-refractivity contribution in [3.05, 3.63) is 30.1 Å². The summed E-state index contributed by atoms with van der Waals surface area (Å²) in [6.45, 7) is 0.0808. The monoisotopic (exact) mass is 422 g/mol. The summed E-state index contributed by atoms with van der Waals surface area (Å²) in [7, 11) is 0. The first-order chi connectivity index (χ1) is 15.0. The Morgan fingerprint density at radius 2 is 1.87 bits per heavy atom. The Morgan fingerprint density at radius 3 is 2.58 bits per heavy atom. The maximum Gasteiger partial charge on any atom is 0.325 e. The highest BCUT2D eigenvalue weighted by Gasteiger charge is 2.51. The SMILES string of the molecule is O=C(CCN1C(=O)NC2(CCCCC2)C1=O)Nc1ccc(-c2n[nH]c(C3CC3)n2)cc1. The zero-order valence-electron chi connectivity index (χ0n) is 17.3. The molecule has 1 saturated heterocycles. The molecule has 9 heteroatoms. The number of carbonyl (C=O) groups excluding carboxylic acids is 3. The molecule has 1 aromatic carbocycles. The molecule has 162 valence electrons. The van der Waals surface area contributed by atoms with Crippen molar-refractivity contribution in [3.63, 3.8) is 0 Å². The van der Waals surface area contributed by atoms with Gasteiger partial charge in [0.15, 0.2) is 5.82 Å². The van der Waals surface area contributed by atoms with Crippen LogP contribution in [0, 0.1) is 0 Å². The van der Waals surface area contributed by atoms with Gasteiger partial charge >= 0.3 is 6.03 Å². The highest BCUT2D eigenvalue weighted by atomic mass is 16.2. The van der Waals surface area contributed by atoms with Gasteiger partial charge < -0.3 is 10.6 Å². The van der Waals surface area contributed by atoms with Gasteiger partial charge in [0.05, 0.1) is 0 Å². The van der Waals surface area contributed by atoms with Crippen LogP contribution < -0.4 is 10.6 Å². The number of carbonyl (C=O) groups is 3. The molecule has 31 heavy (non-hydrogen) atoms. The largest absolute Gasteiger partial charge is 0.326 e. The van der Waals surface area contributed by atoms with Crippen LogP contribution in [0.3, 0.4) is 0 Å². The van der Waals surface area contributed by atoms with Crippen molar-refractivity contribution >= 4 is 23.5 Å². The molecule has 4 amide bonds. The van der Waals surface area contributed by atoms with Crippen molar-refractivity contribution in [2.24, 2.45) is 0 Å². The third-order valence-corrected chi connectivity index (χ3v) is 6.41. The summed E-state index contributed by atoms with van der Waals surface area (Å²) in [6, 6.07) is 6.93. The van der Waals surface area contributed by atoms with E-state index in [0.717, 1.165) is 43.5 Å². The van der Waals surface area contributed by atoms with E-state index in [0.29, 0.717) is 30.3 Å². The number of nitrogens with one attached hydrogen (secondary N) is 3. The van der Waals surface area contributed by atoms with Crippen molar-refractivity contribution in [2.45, 2.75) is 62.8 Å². The summed E-state index contributed by atoms with van der Waals surface area (Å²) in [5, 5.41) is 12.9. The Balaban J connectivity index is 1.15. The minimum absolute atomic E-state index is 0.0582. The van der Waals surface area contributed by atoms with E-state index in [-0.39, 0.29) is 30.8 Å². The third-order valence-electron chi connectivity index (χ3n) is 6.41. The van der Waals surface area contributed by atoms with Crippen LogP contribution in [0.2, 0.25) is 0 Å². The minimum Gasteiger partial charge on any atom is -0.326 e. The van der Waals surface area contributed by atoms with E-state index >= 15 is 0 Å². The number of aromatic nitrogens is 3. The Kier molecular flexibility index (Phi) is 4.95. The molecule has 5 rings (SSSR count). The molecule has 2 aliphatic carbocycles. The average molecular weight is 422 g/mol. The molecule has 3 fully saturated rings. The highest BCUT2D eigenvalue weighted by molar-refractivity contribution is 6.07. The van der Waals surface area contributed by atoms with Crippen LogP contribution in [0.5, 0.6) is 0 Å². The van der Waals surface area contributed by atoms with E-state index in [4.69, 9.17) is 0 Å². The van der Waals surface area contributed by atoms with Gasteiger partial charge in [0.2, 0.25) is 5.91 Å². The second-order valence-corrected chi connectivity index (χ2v) is 8.72. The standard InChI is InChI=1S/C22H26N6O3/c29-17(10-13-28-20(30)22(25-21(28)31)11-2-1-3-12-22)23-16-8-6-15(7-9-16)19-24-18(26-27-19)14-4-5-14/h6-9,14H,1-5,10-13H2,(H,23,29)(H,25,31)(H,24,26,27). The zero-order chi connectivity index (χ0) is 21.4. The molecule has 9 nitrogen and oxygen atoms in total. The molecule has 3 N–H and O–H groups in total. The number of amides is 4.